The van der Waals surface area contributed by atoms with Crippen molar-refractivity contribution >= 4 is 28.5 Å². The van der Waals surface area contributed by atoms with Crippen LogP contribution in [0, 0.1) is 5.92 Å². The van der Waals surface area contributed by atoms with E-state index in [2.05, 4.69) is 25.8 Å². The third-order valence-corrected chi connectivity index (χ3v) is 9.17. The Morgan fingerprint density at radius 2 is 2.00 bits per heavy atom. The number of nitrogen functional groups attached to an aromatic ring is 1. The van der Waals surface area contributed by atoms with Gasteiger partial charge in [0.15, 0.2) is 5.58 Å². The maximum absolute atomic E-state index is 12.3. The number of ether oxygens (including phenoxy) is 3. The maximum Gasteiger partial charge on any atom is 0.351 e. The largest absolute Gasteiger partial charge is 0.489 e. The van der Waals surface area contributed by atoms with Crippen molar-refractivity contribution in [2.45, 2.75) is 89.8 Å². The topological polar surface area (TPSA) is 159 Å². The molecular weight excluding hydrogens is 562 g/mol. The third-order valence-electron chi connectivity index (χ3n) is 8.06. The summed E-state index contributed by atoms with van der Waals surface area (Å²) in [5.41, 5.74) is 6.89. The van der Waals surface area contributed by atoms with Gasteiger partial charge in [0.05, 0.1) is 23.7 Å². The van der Waals surface area contributed by atoms with E-state index in [1.54, 1.807) is 18.3 Å². The van der Waals surface area contributed by atoms with E-state index in [9.17, 15) is 14.7 Å². The van der Waals surface area contributed by atoms with E-state index in [1.807, 2.05) is 13.8 Å². The number of aromatic nitrogens is 2. The molecule has 6 rings (SSSR count). The van der Waals surface area contributed by atoms with E-state index in [0.717, 1.165) is 47.9 Å². The lowest BCUT2D eigenvalue weighted by atomic mass is 9.83. The molecule has 228 valence electrons. The van der Waals surface area contributed by atoms with Crippen LogP contribution >= 0.6 is 11.8 Å². The van der Waals surface area contributed by atoms with Crippen molar-refractivity contribution in [3.63, 3.8) is 0 Å². The van der Waals surface area contributed by atoms with E-state index in [4.69, 9.17) is 29.5 Å². The SMILES string of the molecule is CCCc1cc(=O)oc2c3c(c4c(c12)OC(C)(C)CC4)O[C@@H](C)[C@H](C)[C@@H]3O.Nc1ccn([C@@H]2CS[C@H](CO)O2)c(=O)n1. The van der Waals surface area contributed by atoms with Crippen molar-refractivity contribution in [2.24, 2.45) is 5.92 Å². The molecular formula is C30H39N3O8S. The van der Waals surface area contributed by atoms with Crippen molar-refractivity contribution in [3.05, 3.63) is 55.9 Å². The zero-order chi connectivity index (χ0) is 30.3. The molecule has 11 nitrogen and oxygen atoms in total. The summed E-state index contributed by atoms with van der Waals surface area (Å²) in [6.45, 7) is 10.1. The molecule has 5 atom stereocenters. The van der Waals surface area contributed by atoms with Gasteiger partial charge in [-0.05, 0) is 51.7 Å². The molecule has 2 aromatic heterocycles. The number of rotatable bonds is 4. The number of thioether (sulfide) groups is 1. The molecule has 1 fully saturated rings. The van der Waals surface area contributed by atoms with Crippen molar-refractivity contribution in [3.8, 4) is 11.5 Å². The van der Waals surface area contributed by atoms with Crippen LogP contribution in [0.5, 0.6) is 11.5 Å². The number of nitrogens with two attached hydrogens (primary N) is 1. The van der Waals surface area contributed by atoms with Crippen LogP contribution in [0.3, 0.4) is 0 Å². The molecule has 0 amide bonds. The molecule has 3 aromatic rings. The quantitative estimate of drug-likeness (QED) is 0.374. The Labute approximate surface area is 248 Å². The lowest BCUT2D eigenvalue weighted by molar-refractivity contribution is -0.00629. The van der Waals surface area contributed by atoms with Gasteiger partial charge in [0.1, 0.15) is 40.7 Å². The number of fused-ring (bicyclic) bond motifs is 6. The van der Waals surface area contributed by atoms with Gasteiger partial charge in [-0.3, -0.25) is 4.57 Å². The van der Waals surface area contributed by atoms with Crippen molar-refractivity contribution in [2.75, 3.05) is 18.1 Å². The predicted molar refractivity (Wildman–Crippen MR) is 160 cm³/mol. The highest BCUT2D eigenvalue weighted by atomic mass is 32.2. The Morgan fingerprint density at radius 1 is 1.24 bits per heavy atom. The second-order valence-corrected chi connectivity index (χ2v) is 12.9. The number of hydrogen-bond acceptors (Lipinski definition) is 11. The second kappa shape index (κ2) is 11.9. The Balaban J connectivity index is 0.000000199. The fourth-order valence-electron chi connectivity index (χ4n) is 5.61. The number of nitrogens with zero attached hydrogens (tertiary/aromatic N) is 2. The molecule has 1 aromatic carbocycles. The Morgan fingerprint density at radius 3 is 2.67 bits per heavy atom. The first-order valence-electron chi connectivity index (χ1n) is 14.4. The lowest BCUT2D eigenvalue weighted by Crippen LogP contribution is -2.36. The van der Waals surface area contributed by atoms with E-state index in [-0.39, 0.29) is 41.7 Å². The number of hydrogen-bond donors (Lipinski definition) is 3. The van der Waals surface area contributed by atoms with Crippen LogP contribution < -0.4 is 26.5 Å². The fraction of sp³-hybridized carbons (Fsp3) is 0.567. The summed E-state index contributed by atoms with van der Waals surface area (Å²) in [6, 6.07) is 3.10. The zero-order valence-corrected chi connectivity index (χ0v) is 25.4. The van der Waals surface area contributed by atoms with Gasteiger partial charge in [-0.15, -0.1) is 11.8 Å². The van der Waals surface area contributed by atoms with E-state index in [1.165, 1.54) is 16.3 Å². The predicted octanol–water partition coefficient (Wildman–Crippen LogP) is 3.71. The highest BCUT2D eigenvalue weighted by molar-refractivity contribution is 8.00. The van der Waals surface area contributed by atoms with E-state index < -0.39 is 17.4 Å². The molecule has 3 aliphatic heterocycles. The smallest absolute Gasteiger partial charge is 0.351 e. The minimum Gasteiger partial charge on any atom is -0.489 e. The van der Waals surface area contributed by atoms with Gasteiger partial charge in [0, 0.05) is 29.5 Å². The fourth-order valence-corrected chi connectivity index (χ4v) is 6.54. The minimum atomic E-state index is -0.744. The van der Waals surface area contributed by atoms with Gasteiger partial charge < -0.3 is 34.6 Å². The minimum absolute atomic E-state index is 0.0572. The van der Waals surface area contributed by atoms with Crippen LogP contribution in [0.1, 0.15) is 76.5 Å². The number of aliphatic hydroxyl groups excluding tert-OH is 2. The van der Waals surface area contributed by atoms with Crippen LogP contribution in [0.2, 0.25) is 0 Å². The summed E-state index contributed by atoms with van der Waals surface area (Å²) in [5, 5.41) is 20.7. The number of benzene rings is 1. The van der Waals surface area contributed by atoms with Gasteiger partial charge in [-0.25, -0.2) is 9.59 Å². The number of anilines is 1. The van der Waals surface area contributed by atoms with Crippen LogP contribution in [-0.4, -0.2) is 49.3 Å². The van der Waals surface area contributed by atoms with Gasteiger partial charge in [0.2, 0.25) is 0 Å². The second-order valence-electron chi connectivity index (χ2n) is 11.7. The van der Waals surface area contributed by atoms with Gasteiger partial charge in [-0.2, -0.15) is 4.98 Å². The summed E-state index contributed by atoms with van der Waals surface area (Å²) in [5.74, 6) is 2.11. The Kier molecular flexibility index (Phi) is 8.62. The first-order valence-corrected chi connectivity index (χ1v) is 15.4. The van der Waals surface area contributed by atoms with Crippen LogP contribution in [0.4, 0.5) is 5.82 Å². The summed E-state index contributed by atoms with van der Waals surface area (Å²) in [4.78, 5) is 27.3. The highest BCUT2D eigenvalue weighted by Crippen LogP contribution is 2.52. The van der Waals surface area contributed by atoms with E-state index >= 15 is 0 Å². The van der Waals surface area contributed by atoms with Crippen molar-refractivity contribution in [1.82, 2.24) is 9.55 Å². The van der Waals surface area contributed by atoms with Gasteiger partial charge >= 0.3 is 11.3 Å². The molecule has 42 heavy (non-hydrogen) atoms. The van der Waals surface area contributed by atoms with E-state index in [0.29, 0.717) is 22.6 Å². The molecule has 0 radical (unpaired) electrons. The standard InChI is InChI=1S/C22H28O5.C8H11N3O3S/c1-6-7-13-10-15(23)26-21-16(13)20-14(8-9-22(4,5)27-20)19-17(21)18(24)11(2)12(3)25-19;9-5-1-2-11(8(13)10-5)6-4-15-7(3-12)14-6/h10-12,18,24H,6-9H2,1-5H3;1-2,6-7,12H,3-4H2,(H2,9,10,13)/t11-,12-,18-;6-,7+/m00/s1. The number of aryl methyl sites for hydroxylation is 1. The normalized spacial score (nSPS) is 25.9. The zero-order valence-electron chi connectivity index (χ0n) is 24.6. The summed E-state index contributed by atoms with van der Waals surface area (Å²) in [6.07, 6.45) is 3.63. The molecule has 5 heterocycles. The molecule has 0 saturated carbocycles. The molecule has 12 heteroatoms. The first-order chi connectivity index (χ1) is 19.9. The highest BCUT2D eigenvalue weighted by Gasteiger charge is 2.41. The van der Waals surface area contributed by atoms with Gasteiger partial charge in [-0.1, -0.05) is 20.3 Å². The van der Waals surface area contributed by atoms with Crippen LogP contribution in [0.15, 0.2) is 32.3 Å². The summed E-state index contributed by atoms with van der Waals surface area (Å²) < 4.78 is 25.1. The number of aliphatic hydroxyl groups is 2. The van der Waals surface area contributed by atoms with Gasteiger partial charge in [0.25, 0.3) is 0 Å². The monoisotopic (exact) mass is 601 g/mol. The molecule has 0 unspecified atom stereocenters. The molecule has 0 spiro atoms. The maximum atomic E-state index is 12.3. The molecule has 1 saturated heterocycles. The summed E-state index contributed by atoms with van der Waals surface area (Å²) >= 11 is 1.47. The first kappa shape index (κ1) is 30.4. The van der Waals surface area contributed by atoms with Crippen LogP contribution in [-0.2, 0) is 17.6 Å². The summed E-state index contributed by atoms with van der Waals surface area (Å²) in [7, 11) is 0. The average molecular weight is 602 g/mol. The molecule has 3 aliphatic rings. The van der Waals surface area contributed by atoms with Crippen LogP contribution in [0.25, 0.3) is 11.0 Å². The average Bonchev–Trinajstić information content (AvgIpc) is 3.40. The lowest BCUT2D eigenvalue weighted by Gasteiger charge is -2.39. The Hall–Kier alpha value is -3.06. The Bertz CT molecular complexity index is 1590. The van der Waals surface area contributed by atoms with Crippen molar-refractivity contribution in [1.29, 1.82) is 0 Å². The molecule has 0 aliphatic carbocycles. The molecule has 0 bridgehead atoms. The molecule has 4 N–H and O–H groups in total. The third kappa shape index (κ3) is 5.77. The van der Waals surface area contributed by atoms with Crippen molar-refractivity contribution < 1.29 is 28.8 Å².